The molecule has 0 saturated heterocycles. The van der Waals surface area contributed by atoms with Crippen molar-refractivity contribution in [1.82, 2.24) is 0 Å². The van der Waals surface area contributed by atoms with Gasteiger partial charge in [-0.1, -0.05) is 32.9 Å². The molecule has 0 N–H and O–H groups in total. The highest BCUT2D eigenvalue weighted by molar-refractivity contribution is 8.21. The van der Waals surface area contributed by atoms with Crippen LogP contribution in [0.2, 0.25) is 0 Å². The molecule has 1 aromatic rings. The molecule has 0 aliphatic rings. The molecule has 0 spiro atoms. The van der Waals surface area contributed by atoms with E-state index in [0.717, 1.165) is 5.56 Å². The number of hydrogen-bond donors (Lipinski definition) is 0. The number of ether oxygens (including phenoxy) is 2. The molecule has 0 unspecified atom stereocenters. The first-order valence-corrected chi connectivity index (χ1v) is 9.78. The Morgan fingerprint density at radius 2 is 1.40 bits per heavy atom. The highest BCUT2D eigenvalue weighted by atomic mass is 32.3. The van der Waals surface area contributed by atoms with Crippen LogP contribution in [0, 0.1) is 0 Å². The molecular weight excluding hydrogens is 349 g/mol. The van der Waals surface area contributed by atoms with Crippen LogP contribution in [-0.4, -0.2) is 11.7 Å². The van der Waals surface area contributed by atoms with Gasteiger partial charge >= 0.3 is 0 Å². The molecule has 0 radical (unpaired) electrons. The highest BCUT2D eigenvalue weighted by Crippen LogP contribution is 2.63. The van der Waals surface area contributed by atoms with E-state index < -0.39 is 21.7 Å². The molecule has 0 fully saturated rings. The van der Waals surface area contributed by atoms with Gasteiger partial charge in [0.1, 0.15) is 0 Å². The topological polar surface area (TPSA) is 18.5 Å². The lowest BCUT2D eigenvalue weighted by Crippen LogP contribution is -2.20. The van der Waals surface area contributed by atoms with Crippen LogP contribution in [0.15, 0.2) is 17.0 Å². The van der Waals surface area contributed by atoms with Crippen molar-refractivity contribution in [3.05, 3.63) is 28.8 Å². The average Bonchev–Trinajstić information content (AvgIpc) is 2.39. The van der Waals surface area contributed by atoms with Crippen LogP contribution in [0.4, 0.5) is 11.7 Å². The standard InChI is InChI=1S/C19H31F3O2S/c1-13(2)23-11-14-9-16(18(3,4)5)10-15(12-24-19(6,7)8)17(14)25(20,21)22/h9-10,13H,11-12H2,1-8H3. The molecule has 146 valence electrons. The van der Waals surface area contributed by atoms with E-state index in [4.69, 9.17) is 9.47 Å². The lowest BCUT2D eigenvalue weighted by Gasteiger charge is -2.27. The maximum Gasteiger partial charge on any atom is 0.238 e. The van der Waals surface area contributed by atoms with E-state index in [1.54, 1.807) is 12.1 Å². The molecular formula is C19H31F3O2S. The first kappa shape index (κ1) is 22.3. The molecule has 2 nitrogen and oxygen atoms in total. The second-order valence-electron chi connectivity index (χ2n) is 8.54. The fourth-order valence-corrected chi connectivity index (χ4v) is 3.08. The number of halogens is 3. The smallest absolute Gasteiger partial charge is 0.238 e. The van der Waals surface area contributed by atoms with Gasteiger partial charge in [0.25, 0.3) is 0 Å². The van der Waals surface area contributed by atoms with Crippen molar-refractivity contribution in [3.63, 3.8) is 0 Å². The van der Waals surface area contributed by atoms with Crippen molar-refractivity contribution < 1.29 is 21.1 Å². The Morgan fingerprint density at radius 3 is 1.76 bits per heavy atom. The van der Waals surface area contributed by atoms with Gasteiger partial charge in [-0.05, 0) is 56.7 Å². The second-order valence-corrected chi connectivity index (χ2v) is 9.76. The van der Waals surface area contributed by atoms with Crippen molar-refractivity contribution >= 4 is 11.2 Å². The van der Waals surface area contributed by atoms with Gasteiger partial charge in [0.05, 0.1) is 29.8 Å². The molecule has 6 heteroatoms. The fraction of sp³-hybridized carbons (Fsp3) is 0.684. The Balaban J connectivity index is 3.49. The summed E-state index contributed by atoms with van der Waals surface area (Å²) in [7, 11) is 0. The minimum Gasteiger partial charge on any atom is -0.374 e. The van der Waals surface area contributed by atoms with E-state index in [9.17, 15) is 11.7 Å². The molecule has 0 aliphatic heterocycles. The Kier molecular flexibility index (Phi) is 7.04. The van der Waals surface area contributed by atoms with Crippen LogP contribution >= 0.6 is 11.2 Å². The van der Waals surface area contributed by atoms with Crippen molar-refractivity contribution in [2.45, 2.75) is 90.6 Å². The molecule has 0 aromatic heterocycles. The Labute approximate surface area is 152 Å². The van der Waals surface area contributed by atoms with Gasteiger partial charge in [-0.2, -0.15) is 0 Å². The van der Waals surface area contributed by atoms with Gasteiger partial charge in [-0.15, -0.1) is 11.7 Å². The molecule has 25 heavy (non-hydrogen) atoms. The van der Waals surface area contributed by atoms with Crippen LogP contribution in [0.3, 0.4) is 0 Å². The van der Waals surface area contributed by atoms with Crippen LogP contribution in [-0.2, 0) is 28.1 Å². The SMILES string of the molecule is CC(C)OCc1cc(C(C)(C)C)cc(COC(C)(C)C)c1S(F)(F)F. The summed E-state index contributed by atoms with van der Waals surface area (Å²) in [6, 6.07) is 3.28. The lowest BCUT2D eigenvalue weighted by molar-refractivity contribution is -0.0162. The lowest BCUT2D eigenvalue weighted by atomic mass is 9.85. The second kappa shape index (κ2) is 7.89. The molecule has 1 rings (SSSR count). The minimum atomic E-state index is -5.40. The zero-order valence-corrected chi connectivity index (χ0v) is 17.3. The quantitative estimate of drug-likeness (QED) is 0.527. The predicted molar refractivity (Wildman–Crippen MR) is 98.8 cm³/mol. The van der Waals surface area contributed by atoms with Crippen LogP contribution in [0.5, 0.6) is 0 Å². The number of benzene rings is 1. The Hall–Kier alpha value is -0.720. The third-order valence-corrected chi connectivity index (χ3v) is 4.56. The summed E-state index contributed by atoms with van der Waals surface area (Å²) in [6.07, 6.45) is -0.136. The summed E-state index contributed by atoms with van der Waals surface area (Å²) in [5, 5.41) is 0. The van der Waals surface area contributed by atoms with E-state index in [2.05, 4.69) is 0 Å². The van der Waals surface area contributed by atoms with Crippen molar-refractivity contribution in [2.75, 3.05) is 0 Å². The Bertz CT molecular complexity index is 582. The largest absolute Gasteiger partial charge is 0.374 e. The monoisotopic (exact) mass is 380 g/mol. The summed E-state index contributed by atoms with van der Waals surface area (Å²) in [5.41, 5.74) is 0.491. The average molecular weight is 381 g/mol. The minimum absolute atomic E-state index is 0.0497. The van der Waals surface area contributed by atoms with Crippen LogP contribution < -0.4 is 0 Å². The summed E-state index contributed by atoms with van der Waals surface area (Å²) in [5.74, 6) is 0. The molecule has 0 heterocycles. The van der Waals surface area contributed by atoms with Crippen LogP contribution in [0.1, 0.15) is 72.1 Å². The zero-order valence-electron chi connectivity index (χ0n) is 16.5. The molecule has 0 amide bonds. The molecule has 0 aliphatic carbocycles. The number of hydrogen-bond acceptors (Lipinski definition) is 2. The third kappa shape index (κ3) is 7.19. The van der Waals surface area contributed by atoms with Gasteiger partial charge in [0, 0.05) is 0 Å². The van der Waals surface area contributed by atoms with Gasteiger partial charge in [-0.25, -0.2) is 0 Å². The summed E-state index contributed by atoms with van der Waals surface area (Å²) in [4.78, 5) is -0.551. The van der Waals surface area contributed by atoms with Crippen molar-refractivity contribution in [3.8, 4) is 0 Å². The van der Waals surface area contributed by atoms with Gasteiger partial charge < -0.3 is 9.47 Å². The number of rotatable bonds is 6. The maximum absolute atomic E-state index is 13.9. The van der Waals surface area contributed by atoms with Gasteiger partial charge in [0.15, 0.2) is 0 Å². The first-order chi connectivity index (χ1) is 11.1. The third-order valence-electron chi connectivity index (χ3n) is 3.57. The van der Waals surface area contributed by atoms with E-state index in [1.807, 2.05) is 55.4 Å². The fourth-order valence-electron chi connectivity index (χ4n) is 2.25. The van der Waals surface area contributed by atoms with E-state index in [-0.39, 0.29) is 35.9 Å². The molecule has 0 saturated carbocycles. The summed E-state index contributed by atoms with van der Waals surface area (Å²) in [6.45, 7) is 15.0. The summed E-state index contributed by atoms with van der Waals surface area (Å²) >= 11 is -5.40. The molecule has 0 bridgehead atoms. The molecule has 1 aromatic carbocycles. The van der Waals surface area contributed by atoms with E-state index >= 15 is 0 Å². The molecule has 0 atom stereocenters. The first-order valence-electron chi connectivity index (χ1n) is 8.45. The maximum atomic E-state index is 13.9. The van der Waals surface area contributed by atoms with E-state index in [0.29, 0.717) is 0 Å². The van der Waals surface area contributed by atoms with Crippen LogP contribution in [0.25, 0.3) is 0 Å². The Morgan fingerprint density at radius 1 is 0.920 bits per heavy atom. The highest BCUT2D eigenvalue weighted by Gasteiger charge is 2.33. The van der Waals surface area contributed by atoms with Crippen molar-refractivity contribution in [2.24, 2.45) is 0 Å². The van der Waals surface area contributed by atoms with Crippen molar-refractivity contribution in [1.29, 1.82) is 0 Å². The predicted octanol–water partition coefficient (Wildman–Crippen LogP) is 7.04. The van der Waals surface area contributed by atoms with Gasteiger partial charge in [0.2, 0.25) is 11.2 Å². The zero-order chi connectivity index (χ0) is 19.6. The normalized spacial score (nSPS) is 14.2. The van der Waals surface area contributed by atoms with Gasteiger partial charge in [-0.3, -0.25) is 0 Å². The van der Waals surface area contributed by atoms with E-state index in [1.165, 1.54) is 0 Å². The summed E-state index contributed by atoms with van der Waals surface area (Å²) < 4.78 is 52.7.